The summed E-state index contributed by atoms with van der Waals surface area (Å²) in [5, 5.41) is 11.6. The molecule has 106 valence electrons. The second-order valence-electron chi connectivity index (χ2n) is 3.91. The molecule has 0 bridgehead atoms. The molecule has 4 nitrogen and oxygen atoms in total. The molecule has 0 saturated heterocycles. The number of oxime groups is 1. The molecule has 0 aliphatic rings. The van der Waals surface area contributed by atoms with Crippen molar-refractivity contribution >= 4 is 27.5 Å². The van der Waals surface area contributed by atoms with Gasteiger partial charge in [-0.3, -0.25) is 0 Å². The number of hydrogen-bond donors (Lipinski definition) is 2. The van der Waals surface area contributed by atoms with Gasteiger partial charge in [0, 0.05) is 23.8 Å². The molecule has 0 aromatic heterocycles. The number of halogens is 4. The summed E-state index contributed by atoms with van der Waals surface area (Å²) in [5.74, 6) is -0.165. The Hall–Kier alpha value is -1.44. The summed E-state index contributed by atoms with van der Waals surface area (Å²) in [5.41, 5.74) is 6.35. The zero-order chi connectivity index (χ0) is 14.6. The molecule has 0 atom stereocenters. The smallest absolute Gasteiger partial charge is 0.390 e. The van der Waals surface area contributed by atoms with E-state index >= 15 is 0 Å². The van der Waals surface area contributed by atoms with Gasteiger partial charge in [0.25, 0.3) is 0 Å². The fraction of sp³-hybridized carbons (Fsp3) is 0.364. The molecule has 1 aromatic carbocycles. The highest BCUT2D eigenvalue weighted by Crippen LogP contribution is 2.28. The van der Waals surface area contributed by atoms with Crippen molar-refractivity contribution in [3.63, 3.8) is 0 Å². The lowest BCUT2D eigenvalue weighted by Gasteiger charge is -2.23. The summed E-state index contributed by atoms with van der Waals surface area (Å²) in [6, 6.07) is 4.93. The van der Waals surface area contributed by atoms with Crippen LogP contribution in [0.1, 0.15) is 12.0 Å². The highest BCUT2D eigenvalue weighted by molar-refractivity contribution is 9.10. The van der Waals surface area contributed by atoms with E-state index in [1.807, 2.05) is 0 Å². The van der Waals surface area contributed by atoms with Gasteiger partial charge in [-0.2, -0.15) is 13.2 Å². The van der Waals surface area contributed by atoms with Gasteiger partial charge in [-0.15, -0.1) is 0 Å². The third kappa shape index (κ3) is 4.30. The Morgan fingerprint density at radius 1 is 1.47 bits per heavy atom. The first-order chi connectivity index (χ1) is 8.76. The van der Waals surface area contributed by atoms with E-state index < -0.39 is 12.6 Å². The Morgan fingerprint density at radius 2 is 2.11 bits per heavy atom. The molecular weight excluding hydrogens is 327 g/mol. The van der Waals surface area contributed by atoms with E-state index in [9.17, 15) is 13.2 Å². The monoisotopic (exact) mass is 339 g/mol. The van der Waals surface area contributed by atoms with E-state index in [0.29, 0.717) is 15.7 Å². The van der Waals surface area contributed by atoms with Crippen LogP contribution >= 0.6 is 15.9 Å². The van der Waals surface area contributed by atoms with E-state index in [0.717, 1.165) is 0 Å². The standard InChI is InChI=1S/C11H13BrF3N3O/c1-18(6-5-11(13,14)15)8-4-2-3-7(12)9(8)10(16)17-19/h2-4,19H,5-6H2,1H3,(H2,16,17). The Morgan fingerprint density at radius 3 is 2.63 bits per heavy atom. The van der Waals surface area contributed by atoms with Crippen LogP contribution in [0.3, 0.4) is 0 Å². The lowest BCUT2D eigenvalue weighted by Crippen LogP contribution is -2.27. The second-order valence-corrected chi connectivity index (χ2v) is 4.76. The lowest BCUT2D eigenvalue weighted by molar-refractivity contribution is -0.132. The molecule has 0 spiro atoms. The summed E-state index contributed by atoms with van der Waals surface area (Å²) < 4.78 is 37.2. The predicted octanol–water partition coefficient (Wildman–Crippen LogP) is 2.93. The highest BCUT2D eigenvalue weighted by Gasteiger charge is 2.27. The minimum Gasteiger partial charge on any atom is -0.409 e. The number of amidine groups is 1. The van der Waals surface area contributed by atoms with Gasteiger partial charge in [0.2, 0.25) is 0 Å². The zero-order valence-electron chi connectivity index (χ0n) is 10.1. The fourth-order valence-electron chi connectivity index (χ4n) is 1.55. The lowest BCUT2D eigenvalue weighted by atomic mass is 10.1. The topological polar surface area (TPSA) is 61.8 Å². The van der Waals surface area contributed by atoms with Crippen LogP contribution in [0.4, 0.5) is 18.9 Å². The van der Waals surface area contributed by atoms with Gasteiger partial charge in [0.05, 0.1) is 12.0 Å². The third-order valence-electron chi connectivity index (χ3n) is 2.50. The van der Waals surface area contributed by atoms with Crippen molar-refractivity contribution in [3.05, 3.63) is 28.2 Å². The van der Waals surface area contributed by atoms with Crippen molar-refractivity contribution in [2.45, 2.75) is 12.6 Å². The molecule has 0 radical (unpaired) electrons. The van der Waals surface area contributed by atoms with Crippen LogP contribution < -0.4 is 10.6 Å². The third-order valence-corrected chi connectivity index (χ3v) is 3.16. The second kappa shape index (κ2) is 6.14. The maximum atomic E-state index is 12.2. The number of rotatable bonds is 4. The predicted molar refractivity (Wildman–Crippen MR) is 70.6 cm³/mol. The number of nitrogens with two attached hydrogens (primary N) is 1. The molecule has 8 heteroatoms. The van der Waals surface area contributed by atoms with Crippen LogP contribution in [0, 0.1) is 0 Å². The molecule has 19 heavy (non-hydrogen) atoms. The van der Waals surface area contributed by atoms with Crippen molar-refractivity contribution in [1.29, 1.82) is 0 Å². The average Bonchev–Trinajstić information content (AvgIpc) is 2.33. The molecule has 3 N–H and O–H groups in total. The van der Waals surface area contributed by atoms with E-state index in [4.69, 9.17) is 10.9 Å². The molecule has 0 heterocycles. The Balaban J connectivity index is 3.03. The molecule has 0 unspecified atom stereocenters. The first-order valence-corrected chi connectivity index (χ1v) is 6.10. The van der Waals surface area contributed by atoms with Gasteiger partial charge in [-0.1, -0.05) is 11.2 Å². The van der Waals surface area contributed by atoms with Gasteiger partial charge in [-0.25, -0.2) is 0 Å². The quantitative estimate of drug-likeness (QED) is 0.383. The minimum atomic E-state index is -4.23. The molecule has 0 saturated carbocycles. The van der Waals surface area contributed by atoms with Crippen molar-refractivity contribution in [2.24, 2.45) is 10.9 Å². The van der Waals surface area contributed by atoms with Crippen molar-refractivity contribution < 1.29 is 18.4 Å². The van der Waals surface area contributed by atoms with Crippen LogP contribution in [0.2, 0.25) is 0 Å². The Bertz CT molecular complexity index is 477. The largest absolute Gasteiger partial charge is 0.409 e. The van der Waals surface area contributed by atoms with Gasteiger partial charge in [0.1, 0.15) is 0 Å². The first-order valence-electron chi connectivity index (χ1n) is 5.30. The zero-order valence-corrected chi connectivity index (χ0v) is 11.7. The molecule has 1 aromatic rings. The number of alkyl halides is 3. The van der Waals surface area contributed by atoms with E-state index in [1.165, 1.54) is 11.9 Å². The number of hydrogen-bond acceptors (Lipinski definition) is 3. The molecule has 0 fully saturated rings. The van der Waals surface area contributed by atoms with Gasteiger partial charge in [-0.05, 0) is 28.1 Å². The van der Waals surface area contributed by atoms with Crippen LogP contribution in [-0.2, 0) is 0 Å². The Labute approximate surface area is 116 Å². The number of benzene rings is 1. The number of nitrogens with zero attached hydrogens (tertiary/aromatic N) is 2. The van der Waals surface area contributed by atoms with E-state index in [2.05, 4.69) is 21.1 Å². The normalized spacial score (nSPS) is 12.6. The Kier molecular flexibility index (Phi) is 5.04. The van der Waals surface area contributed by atoms with Crippen LogP contribution in [-0.4, -0.2) is 30.8 Å². The molecule has 0 amide bonds. The fourth-order valence-corrected chi connectivity index (χ4v) is 2.11. The molecule has 0 aliphatic carbocycles. The van der Waals surface area contributed by atoms with Gasteiger partial charge < -0.3 is 15.8 Å². The summed E-state index contributed by atoms with van der Waals surface area (Å²) >= 11 is 3.23. The van der Waals surface area contributed by atoms with Crippen molar-refractivity contribution in [1.82, 2.24) is 0 Å². The molecular formula is C11H13BrF3N3O. The summed E-state index contributed by atoms with van der Waals surface area (Å²) in [6.45, 7) is -0.217. The molecule has 0 aliphatic heterocycles. The molecule has 1 rings (SSSR count). The summed E-state index contributed by atoms with van der Waals surface area (Å²) in [6.07, 6.45) is -5.16. The van der Waals surface area contributed by atoms with Gasteiger partial charge in [0.15, 0.2) is 5.84 Å². The SMILES string of the molecule is CN(CCC(F)(F)F)c1cccc(Br)c1/C(N)=N/O. The average molecular weight is 340 g/mol. The first kappa shape index (κ1) is 15.6. The summed E-state index contributed by atoms with van der Waals surface area (Å²) in [7, 11) is 1.52. The van der Waals surface area contributed by atoms with Crippen LogP contribution in [0.25, 0.3) is 0 Å². The maximum absolute atomic E-state index is 12.2. The van der Waals surface area contributed by atoms with E-state index in [1.54, 1.807) is 18.2 Å². The minimum absolute atomic E-state index is 0.165. The van der Waals surface area contributed by atoms with Crippen LogP contribution in [0.5, 0.6) is 0 Å². The number of anilines is 1. The maximum Gasteiger partial charge on any atom is 0.390 e. The van der Waals surface area contributed by atoms with Gasteiger partial charge >= 0.3 is 6.18 Å². The van der Waals surface area contributed by atoms with Crippen LogP contribution in [0.15, 0.2) is 27.8 Å². The van der Waals surface area contributed by atoms with Crippen molar-refractivity contribution in [2.75, 3.05) is 18.5 Å². The highest BCUT2D eigenvalue weighted by atomic mass is 79.9. The van der Waals surface area contributed by atoms with Crippen molar-refractivity contribution in [3.8, 4) is 0 Å². The summed E-state index contributed by atoms with van der Waals surface area (Å²) in [4.78, 5) is 1.41. The van der Waals surface area contributed by atoms with E-state index in [-0.39, 0.29) is 12.4 Å².